The van der Waals surface area contributed by atoms with Crippen molar-refractivity contribution >= 4 is 23.4 Å². The van der Waals surface area contributed by atoms with E-state index in [4.69, 9.17) is 17.3 Å². The molecule has 0 fully saturated rings. The summed E-state index contributed by atoms with van der Waals surface area (Å²) < 4.78 is 13.5. The van der Waals surface area contributed by atoms with Gasteiger partial charge in [0.15, 0.2) is 0 Å². The van der Waals surface area contributed by atoms with E-state index in [1.165, 1.54) is 17.8 Å². The van der Waals surface area contributed by atoms with E-state index in [2.05, 4.69) is 0 Å². The van der Waals surface area contributed by atoms with Crippen LogP contribution in [0.2, 0.25) is 5.02 Å². The summed E-state index contributed by atoms with van der Waals surface area (Å²) in [5.74, 6) is -0.274. The first-order valence-corrected chi connectivity index (χ1v) is 6.31. The molecule has 4 heteroatoms. The van der Waals surface area contributed by atoms with Gasteiger partial charge in [-0.3, -0.25) is 0 Å². The molecular formula is C13H11ClFNS. The normalized spacial score (nSPS) is 10.5. The van der Waals surface area contributed by atoms with Crippen LogP contribution in [0.4, 0.5) is 4.39 Å². The summed E-state index contributed by atoms with van der Waals surface area (Å²) in [6.45, 7) is 0.180. The maximum atomic E-state index is 13.5. The first-order valence-electron chi connectivity index (χ1n) is 5.12. The number of hydrogen-bond acceptors (Lipinski definition) is 2. The Morgan fingerprint density at radius 1 is 1.06 bits per heavy atom. The van der Waals surface area contributed by atoms with Crippen LogP contribution < -0.4 is 5.73 Å². The highest BCUT2D eigenvalue weighted by molar-refractivity contribution is 7.99. The summed E-state index contributed by atoms with van der Waals surface area (Å²) in [5.41, 5.74) is 6.08. The van der Waals surface area contributed by atoms with Crippen LogP contribution in [0.3, 0.4) is 0 Å². The van der Waals surface area contributed by atoms with Crippen molar-refractivity contribution in [1.29, 1.82) is 0 Å². The van der Waals surface area contributed by atoms with Crippen LogP contribution in [0.25, 0.3) is 0 Å². The second kappa shape index (κ2) is 5.54. The molecule has 0 bridgehead atoms. The molecule has 0 spiro atoms. The third-order valence-electron chi connectivity index (χ3n) is 2.34. The zero-order chi connectivity index (χ0) is 12.3. The fourth-order valence-electron chi connectivity index (χ4n) is 1.48. The maximum Gasteiger partial charge on any atom is 0.128 e. The number of benzene rings is 2. The lowest BCUT2D eigenvalue weighted by molar-refractivity contribution is 0.604. The molecule has 1 nitrogen and oxygen atoms in total. The summed E-state index contributed by atoms with van der Waals surface area (Å²) in [4.78, 5) is 1.70. The molecule has 0 unspecified atom stereocenters. The second-order valence-corrected chi connectivity index (χ2v) is 4.94. The Hall–Kier alpha value is -1.03. The van der Waals surface area contributed by atoms with Crippen molar-refractivity contribution in [2.75, 3.05) is 0 Å². The first kappa shape index (κ1) is 12.4. The largest absolute Gasteiger partial charge is 0.326 e. The molecule has 0 saturated carbocycles. The van der Waals surface area contributed by atoms with Gasteiger partial charge in [0, 0.05) is 21.9 Å². The fourth-order valence-corrected chi connectivity index (χ4v) is 2.73. The number of halogens is 2. The summed E-state index contributed by atoms with van der Waals surface area (Å²) in [6, 6.07) is 12.4. The van der Waals surface area contributed by atoms with E-state index in [0.717, 1.165) is 9.79 Å². The van der Waals surface area contributed by atoms with Gasteiger partial charge in [0.1, 0.15) is 5.82 Å². The lowest BCUT2D eigenvalue weighted by atomic mass is 10.2. The van der Waals surface area contributed by atoms with Crippen molar-refractivity contribution < 1.29 is 4.39 Å². The Morgan fingerprint density at radius 2 is 1.76 bits per heavy atom. The van der Waals surface area contributed by atoms with E-state index in [9.17, 15) is 4.39 Å². The van der Waals surface area contributed by atoms with Crippen LogP contribution in [-0.2, 0) is 6.54 Å². The van der Waals surface area contributed by atoms with Gasteiger partial charge in [-0.05, 0) is 24.3 Å². The van der Waals surface area contributed by atoms with Crippen LogP contribution in [0.15, 0.2) is 52.3 Å². The number of hydrogen-bond donors (Lipinski definition) is 1. The standard InChI is InChI=1S/C13H11ClFNS/c14-10-4-1-2-6-13(10)17-12-7-3-5-11(15)9(12)8-16/h1-7H,8,16H2. The molecule has 0 saturated heterocycles. The Balaban J connectivity index is 2.37. The minimum absolute atomic E-state index is 0.180. The van der Waals surface area contributed by atoms with Gasteiger partial charge in [-0.1, -0.05) is 41.6 Å². The summed E-state index contributed by atoms with van der Waals surface area (Å²) in [7, 11) is 0. The molecule has 0 heterocycles. The minimum Gasteiger partial charge on any atom is -0.326 e. The van der Waals surface area contributed by atoms with Crippen molar-refractivity contribution in [2.24, 2.45) is 5.73 Å². The van der Waals surface area contributed by atoms with Gasteiger partial charge >= 0.3 is 0 Å². The molecule has 0 aliphatic carbocycles. The molecular weight excluding hydrogens is 257 g/mol. The molecule has 17 heavy (non-hydrogen) atoms. The van der Waals surface area contributed by atoms with Crippen molar-refractivity contribution in [3.63, 3.8) is 0 Å². The van der Waals surface area contributed by atoms with Crippen molar-refractivity contribution in [1.82, 2.24) is 0 Å². The molecule has 0 amide bonds. The SMILES string of the molecule is NCc1c(F)cccc1Sc1ccccc1Cl. The van der Waals surface area contributed by atoms with E-state index in [1.54, 1.807) is 6.07 Å². The molecule has 0 aliphatic heterocycles. The van der Waals surface area contributed by atoms with Crippen LogP contribution in [0, 0.1) is 5.82 Å². The average Bonchev–Trinajstić information content (AvgIpc) is 2.32. The van der Waals surface area contributed by atoms with Gasteiger partial charge in [-0.25, -0.2) is 4.39 Å². The molecule has 0 aromatic heterocycles. The Kier molecular flexibility index (Phi) is 4.05. The lowest BCUT2D eigenvalue weighted by Crippen LogP contribution is -2.01. The lowest BCUT2D eigenvalue weighted by Gasteiger charge is -2.09. The van der Waals surface area contributed by atoms with Gasteiger partial charge in [-0.2, -0.15) is 0 Å². The topological polar surface area (TPSA) is 26.0 Å². The summed E-state index contributed by atoms with van der Waals surface area (Å²) in [6.07, 6.45) is 0. The van der Waals surface area contributed by atoms with E-state index in [1.807, 2.05) is 30.3 Å². The third kappa shape index (κ3) is 2.80. The van der Waals surface area contributed by atoms with Crippen LogP contribution in [0.1, 0.15) is 5.56 Å². The second-order valence-electron chi connectivity index (χ2n) is 3.45. The van der Waals surface area contributed by atoms with Crippen molar-refractivity contribution in [2.45, 2.75) is 16.3 Å². The quantitative estimate of drug-likeness (QED) is 0.906. The fraction of sp³-hybridized carbons (Fsp3) is 0.0769. The van der Waals surface area contributed by atoms with E-state index in [0.29, 0.717) is 10.6 Å². The minimum atomic E-state index is -0.274. The van der Waals surface area contributed by atoms with Crippen LogP contribution in [0.5, 0.6) is 0 Å². The Morgan fingerprint density at radius 3 is 2.47 bits per heavy atom. The summed E-state index contributed by atoms with van der Waals surface area (Å²) >= 11 is 7.49. The monoisotopic (exact) mass is 267 g/mol. The molecule has 0 radical (unpaired) electrons. The maximum absolute atomic E-state index is 13.5. The average molecular weight is 268 g/mol. The molecule has 2 aromatic rings. The van der Waals surface area contributed by atoms with Crippen LogP contribution in [-0.4, -0.2) is 0 Å². The van der Waals surface area contributed by atoms with Crippen molar-refractivity contribution in [3.8, 4) is 0 Å². The van der Waals surface area contributed by atoms with Gasteiger partial charge in [-0.15, -0.1) is 0 Å². The molecule has 2 aromatic carbocycles. The first-order chi connectivity index (χ1) is 8.22. The molecule has 0 aliphatic rings. The predicted molar refractivity (Wildman–Crippen MR) is 69.9 cm³/mol. The zero-order valence-corrected chi connectivity index (χ0v) is 10.6. The Bertz CT molecular complexity index is 531. The van der Waals surface area contributed by atoms with Gasteiger partial charge in [0.05, 0.1) is 5.02 Å². The molecule has 88 valence electrons. The van der Waals surface area contributed by atoms with E-state index < -0.39 is 0 Å². The highest BCUT2D eigenvalue weighted by Gasteiger charge is 2.09. The highest BCUT2D eigenvalue weighted by atomic mass is 35.5. The van der Waals surface area contributed by atoms with Crippen molar-refractivity contribution in [3.05, 3.63) is 58.9 Å². The molecule has 2 rings (SSSR count). The van der Waals surface area contributed by atoms with Gasteiger partial charge in [0.2, 0.25) is 0 Å². The molecule has 2 N–H and O–H groups in total. The smallest absolute Gasteiger partial charge is 0.128 e. The third-order valence-corrected chi connectivity index (χ3v) is 3.96. The van der Waals surface area contributed by atoms with E-state index in [-0.39, 0.29) is 12.4 Å². The number of rotatable bonds is 3. The van der Waals surface area contributed by atoms with Gasteiger partial charge < -0.3 is 5.73 Å². The van der Waals surface area contributed by atoms with Gasteiger partial charge in [0.25, 0.3) is 0 Å². The zero-order valence-electron chi connectivity index (χ0n) is 8.99. The molecule has 0 atom stereocenters. The predicted octanol–water partition coefficient (Wildman–Crippen LogP) is 4.09. The highest BCUT2D eigenvalue weighted by Crippen LogP contribution is 2.35. The Labute approximate surface area is 109 Å². The van der Waals surface area contributed by atoms with E-state index >= 15 is 0 Å². The van der Waals surface area contributed by atoms with Crippen LogP contribution >= 0.6 is 23.4 Å². The number of nitrogens with two attached hydrogens (primary N) is 1. The summed E-state index contributed by atoms with van der Waals surface area (Å²) in [5, 5.41) is 0.657.